The Hall–Kier alpha value is -1.92. The van der Waals surface area contributed by atoms with Crippen molar-refractivity contribution in [1.82, 2.24) is 15.5 Å². The van der Waals surface area contributed by atoms with Gasteiger partial charge in [-0.15, -0.1) is 0 Å². The zero-order valence-electron chi connectivity index (χ0n) is 12.0. The molecule has 0 saturated carbocycles. The highest BCUT2D eigenvalue weighted by atomic mass is 16.5. The summed E-state index contributed by atoms with van der Waals surface area (Å²) in [7, 11) is 1.67. The van der Waals surface area contributed by atoms with E-state index in [-0.39, 0.29) is 0 Å². The molecule has 1 N–H and O–H groups in total. The van der Waals surface area contributed by atoms with Gasteiger partial charge in [-0.1, -0.05) is 5.16 Å². The fraction of sp³-hybridized carbons (Fsp3) is 0.467. The minimum atomic E-state index is 0.458. The van der Waals surface area contributed by atoms with Gasteiger partial charge in [-0.25, -0.2) is 0 Å². The van der Waals surface area contributed by atoms with E-state index in [1.54, 1.807) is 19.5 Å². The molecule has 1 fully saturated rings. The van der Waals surface area contributed by atoms with Crippen molar-refractivity contribution in [1.29, 1.82) is 0 Å². The van der Waals surface area contributed by atoms with Crippen LogP contribution in [0.5, 0.6) is 5.75 Å². The molecule has 3 heterocycles. The van der Waals surface area contributed by atoms with Gasteiger partial charge < -0.3 is 19.3 Å². The molecule has 0 amide bonds. The Labute approximate surface area is 123 Å². The summed E-state index contributed by atoms with van der Waals surface area (Å²) in [5.41, 5.74) is 1.74. The third-order valence-electron chi connectivity index (χ3n) is 3.50. The number of hydrogen-bond acceptors (Lipinski definition) is 6. The number of nitrogens with one attached hydrogen (secondary N) is 1. The van der Waals surface area contributed by atoms with Gasteiger partial charge in [0.2, 0.25) is 0 Å². The van der Waals surface area contributed by atoms with Crippen molar-refractivity contribution >= 4 is 0 Å². The van der Waals surface area contributed by atoms with Crippen LogP contribution in [0.4, 0.5) is 0 Å². The quantitative estimate of drug-likeness (QED) is 0.836. The van der Waals surface area contributed by atoms with Crippen LogP contribution in [0.3, 0.4) is 0 Å². The van der Waals surface area contributed by atoms with Crippen LogP contribution in [0.1, 0.15) is 12.1 Å². The lowest BCUT2D eigenvalue weighted by Gasteiger charge is -2.27. The van der Waals surface area contributed by atoms with E-state index in [1.165, 1.54) is 0 Å². The predicted octanol–water partition coefficient (Wildman–Crippen LogP) is 1.67. The number of nitrogens with zero attached hydrogens (tertiary/aromatic N) is 2. The minimum Gasteiger partial charge on any atom is -0.490 e. The minimum absolute atomic E-state index is 0.458. The smallest absolute Gasteiger partial charge is 0.168 e. The second kappa shape index (κ2) is 6.69. The Morgan fingerprint density at radius 2 is 2.29 bits per heavy atom. The first-order valence-electron chi connectivity index (χ1n) is 7.11. The number of aromatic nitrogens is 2. The second-order valence-corrected chi connectivity index (χ2v) is 5.09. The molecule has 0 unspecified atom stereocenters. The normalized spacial score (nSPS) is 17.5. The van der Waals surface area contributed by atoms with Crippen molar-refractivity contribution in [3.05, 3.63) is 30.2 Å². The van der Waals surface area contributed by atoms with E-state index in [1.807, 2.05) is 12.1 Å². The fourth-order valence-corrected chi connectivity index (χ4v) is 2.09. The second-order valence-electron chi connectivity index (χ2n) is 5.09. The molecule has 1 atom stereocenters. The third kappa shape index (κ3) is 3.59. The van der Waals surface area contributed by atoms with Gasteiger partial charge in [-0.2, -0.15) is 0 Å². The van der Waals surface area contributed by atoms with Crippen molar-refractivity contribution in [3.8, 4) is 17.1 Å². The summed E-state index contributed by atoms with van der Waals surface area (Å²) in [4.78, 5) is 4.20. The maximum Gasteiger partial charge on any atom is 0.168 e. The number of hydrogen-bond donors (Lipinski definition) is 1. The first-order valence-corrected chi connectivity index (χ1v) is 7.11. The fourth-order valence-electron chi connectivity index (χ4n) is 2.09. The molecule has 2 aromatic rings. The highest BCUT2D eigenvalue weighted by Crippen LogP contribution is 2.24. The van der Waals surface area contributed by atoms with Crippen molar-refractivity contribution in [2.24, 2.45) is 0 Å². The van der Waals surface area contributed by atoms with Crippen LogP contribution in [0.15, 0.2) is 29.0 Å². The Balaban J connectivity index is 1.65. The van der Waals surface area contributed by atoms with E-state index in [0.29, 0.717) is 25.0 Å². The van der Waals surface area contributed by atoms with Crippen LogP contribution in [-0.4, -0.2) is 43.1 Å². The first kappa shape index (κ1) is 14.0. The topological polar surface area (TPSA) is 69.4 Å². The van der Waals surface area contributed by atoms with Crippen LogP contribution in [0, 0.1) is 0 Å². The molecule has 1 saturated heterocycles. The molecule has 6 heteroatoms. The van der Waals surface area contributed by atoms with E-state index in [9.17, 15) is 0 Å². The van der Waals surface area contributed by atoms with Gasteiger partial charge >= 0.3 is 0 Å². The lowest BCUT2D eigenvalue weighted by Crippen LogP contribution is -2.46. The maximum atomic E-state index is 5.74. The van der Waals surface area contributed by atoms with Crippen LogP contribution < -0.4 is 10.1 Å². The largest absolute Gasteiger partial charge is 0.490 e. The standard InChI is InChI=1S/C15H19N3O3/c1-19-5-3-12-7-15(21-18-12)11-6-14(9-16-8-11)20-10-13-2-4-17-13/h6-9,13,17H,2-5,10H2,1H3/t13-/m0/s1. The molecular weight excluding hydrogens is 270 g/mol. The highest BCUT2D eigenvalue weighted by Gasteiger charge is 2.17. The summed E-state index contributed by atoms with van der Waals surface area (Å²) in [6, 6.07) is 4.29. The van der Waals surface area contributed by atoms with E-state index < -0.39 is 0 Å². The van der Waals surface area contributed by atoms with Gasteiger partial charge in [0.15, 0.2) is 5.76 Å². The van der Waals surface area contributed by atoms with Crippen molar-refractivity contribution < 1.29 is 14.0 Å². The van der Waals surface area contributed by atoms with Gasteiger partial charge in [-0.05, 0) is 19.0 Å². The third-order valence-corrected chi connectivity index (χ3v) is 3.50. The van der Waals surface area contributed by atoms with Crippen LogP contribution in [0.25, 0.3) is 11.3 Å². The molecule has 0 aliphatic carbocycles. The number of rotatable bonds is 7. The Kier molecular flexibility index (Phi) is 4.47. The summed E-state index contributed by atoms with van der Waals surface area (Å²) in [5, 5.41) is 7.32. The molecular formula is C15H19N3O3. The molecule has 21 heavy (non-hydrogen) atoms. The summed E-state index contributed by atoms with van der Waals surface area (Å²) in [6.07, 6.45) is 5.36. The molecule has 0 bridgehead atoms. The highest BCUT2D eigenvalue weighted by molar-refractivity contribution is 5.57. The predicted molar refractivity (Wildman–Crippen MR) is 77.2 cm³/mol. The zero-order chi connectivity index (χ0) is 14.5. The average molecular weight is 289 g/mol. The summed E-state index contributed by atoms with van der Waals surface area (Å²) in [6.45, 7) is 2.37. The molecule has 0 spiro atoms. The Bertz CT molecular complexity index is 581. The van der Waals surface area contributed by atoms with Crippen LogP contribution >= 0.6 is 0 Å². The van der Waals surface area contributed by atoms with Gasteiger partial charge in [-0.3, -0.25) is 4.98 Å². The van der Waals surface area contributed by atoms with E-state index in [0.717, 1.165) is 36.4 Å². The van der Waals surface area contributed by atoms with Crippen LogP contribution in [0.2, 0.25) is 0 Å². The Morgan fingerprint density at radius 1 is 1.38 bits per heavy atom. The summed E-state index contributed by atoms with van der Waals surface area (Å²) >= 11 is 0. The molecule has 0 aromatic carbocycles. The number of pyridine rings is 1. The average Bonchev–Trinajstić information content (AvgIpc) is 2.93. The van der Waals surface area contributed by atoms with Gasteiger partial charge in [0.25, 0.3) is 0 Å². The van der Waals surface area contributed by atoms with Gasteiger partial charge in [0.05, 0.1) is 18.5 Å². The molecule has 3 rings (SSSR count). The van der Waals surface area contributed by atoms with E-state index in [4.69, 9.17) is 14.0 Å². The lowest BCUT2D eigenvalue weighted by molar-refractivity contribution is 0.200. The lowest BCUT2D eigenvalue weighted by atomic mass is 10.1. The van der Waals surface area contributed by atoms with E-state index >= 15 is 0 Å². The maximum absolute atomic E-state index is 5.74. The van der Waals surface area contributed by atoms with Crippen LogP contribution in [-0.2, 0) is 11.2 Å². The first-order chi connectivity index (χ1) is 10.3. The molecule has 2 aromatic heterocycles. The SMILES string of the molecule is COCCc1cc(-c2cncc(OC[C@@H]3CCN3)c2)on1. The number of methoxy groups -OCH3 is 1. The molecule has 0 radical (unpaired) electrons. The van der Waals surface area contributed by atoms with Crippen molar-refractivity contribution in [3.63, 3.8) is 0 Å². The summed E-state index contributed by atoms with van der Waals surface area (Å²) < 4.78 is 16.1. The molecule has 112 valence electrons. The summed E-state index contributed by atoms with van der Waals surface area (Å²) in [5.74, 6) is 1.44. The molecule has 1 aliphatic heterocycles. The van der Waals surface area contributed by atoms with Gasteiger partial charge in [0, 0.05) is 37.4 Å². The molecule has 6 nitrogen and oxygen atoms in total. The van der Waals surface area contributed by atoms with Crippen molar-refractivity contribution in [2.75, 3.05) is 26.9 Å². The van der Waals surface area contributed by atoms with Gasteiger partial charge in [0.1, 0.15) is 12.4 Å². The monoisotopic (exact) mass is 289 g/mol. The zero-order valence-corrected chi connectivity index (χ0v) is 12.0. The van der Waals surface area contributed by atoms with Crippen molar-refractivity contribution in [2.45, 2.75) is 18.9 Å². The number of ether oxygens (including phenoxy) is 2. The molecule has 1 aliphatic rings. The van der Waals surface area contributed by atoms with E-state index in [2.05, 4.69) is 15.5 Å². The Morgan fingerprint density at radius 3 is 3.05 bits per heavy atom.